The summed E-state index contributed by atoms with van der Waals surface area (Å²) >= 11 is 0. The minimum atomic E-state index is -0.708. The number of hydrogen-bond acceptors (Lipinski definition) is 4. The van der Waals surface area contributed by atoms with Gasteiger partial charge in [-0.25, -0.2) is 0 Å². The van der Waals surface area contributed by atoms with Gasteiger partial charge in [0.2, 0.25) is 11.9 Å². The van der Waals surface area contributed by atoms with Crippen LogP contribution in [0.15, 0.2) is 6.07 Å². The highest BCUT2D eigenvalue weighted by Crippen LogP contribution is 2.00. The van der Waals surface area contributed by atoms with Crippen LogP contribution in [0.25, 0.3) is 0 Å². The zero-order valence-electron chi connectivity index (χ0n) is 4.50. The number of hydrogen-bond donors (Lipinski definition) is 2. The topological polar surface area (TPSA) is 77.8 Å². The molecule has 5 heteroatoms. The Morgan fingerprint density at radius 2 is 2.00 bits per heavy atom. The van der Waals surface area contributed by atoms with Gasteiger partial charge in [0.25, 0.3) is 0 Å². The van der Waals surface area contributed by atoms with Crippen LogP contribution in [0, 0.1) is 5.95 Å². The molecular formula is C4H5FN4. The fraction of sp³-hybridized carbons (Fsp3) is 0. The van der Waals surface area contributed by atoms with Gasteiger partial charge >= 0.3 is 0 Å². The third kappa shape index (κ3) is 1.25. The number of aromatic nitrogens is 2. The molecule has 0 unspecified atom stereocenters. The molecule has 0 aliphatic rings. The van der Waals surface area contributed by atoms with Crippen LogP contribution in [0.1, 0.15) is 0 Å². The average Bonchev–Trinajstić information content (AvgIpc) is 1.59. The van der Waals surface area contributed by atoms with Gasteiger partial charge in [0.15, 0.2) is 0 Å². The maximum Gasteiger partial charge on any atom is 0.224 e. The first-order chi connectivity index (χ1) is 4.18. The standard InChI is InChI=1S/C4H5FN4/c5-2-1-3(6)9-4(7)8-2/h1H,(H4,6,7,8,9). The van der Waals surface area contributed by atoms with Crippen LogP contribution < -0.4 is 11.5 Å². The Hall–Kier alpha value is -1.39. The van der Waals surface area contributed by atoms with Crippen LogP contribution >= 0.6 is 0 Å². The minimum Gasteiger partial charge on any atom is -0.383 e. The highest BCUT2D eigenvalue weighted by atomic mass is 19.1. The Labute approximate surface area is 50.7 Å². The molecule has 0 aliphatic heterocycles. The molecular weight excluding hydrogens is 123 g/mol. The molecule has 9 heavy (non-hydrogen) atoms. The summed E-state index contributed by atoms with van der Waals surface area (Å²) in [6, 6.07) is 0.996. The third-order valence-corrected chi connectivity index (χ3v) is 0.732. The Morgan fingerprint density at radius 1 is 1.33 bits per heavy atom. The van der Waals surface area contributed by atoms with Gasteiger partial charge in [-0.3, -0.25) is 0 Å². The van der Waals surface area contributed by atoms with Gasteiger partial charge in [-0.15, -0.1) is 0 Å². The minimum absolute atomic E-state index is 0.0417. The van der Waals surface area contributed by atoms with E-state index in [4.69, 9.17) is 11.5 Å². The van der Waals surface area contributed by atoms with E-state index < -0.39 is 5.95 Å². The van der Waals surface area contributed by atoms with E-state index >= 15 is 0 Å². The van der Waals surface area contributed by atoms with Gasteiger partial charge in [0, 0.05) is 6.07 Å². The van der Waals surface area contributed by atoms with Crippen molar-refractivity contribution in [2.75, 3.05) is 11.5 Å². The quantitative estimate of drug-likeness (QED) is 0.473. The highest BCUT2D eigenvalue weighted by Gasteiger charge is 1.95. The molecule has 0 spiro atoms. The summed E-state index contributed by atoms with van der Waals surface area (Å²) in [6.45, 7) is 0. The van der Waals surface area contributed by atoms with E-state index in [1.165, 1.54) is 0 Å². The van der Waals surface area contributed by atoms with Gasteiger partial charge in [0.05, 0.1) is 0 Å². The highest BCUT2D eigenvalue weighted by molar-refractivity contribution is 5.32. The SMILES string of the molecule is Nc1cc(F)nc(N)n1. The molecule has 48 valence electrons. The van der Waals surface area contributed by atoms with Crippen molar-refractivity contribution in [3.05, 3.63) is 12.0 Å². The zero-order chi connectivity index (χ0) is 6.85. The van der Waals surface area contributed by atoms with E-state index in [9.17, 15) is 4.39 Å². The summed E-state index contributed by atoms with van der Waals surface area (Å²) in [5.74, 6) is -0.812. The molecule has 0 aliphatic carbocycles. The summed E-state index contributed by atoms with van der Waals surface area (Å²) < 4.78 is 12.1. The van der Waals surface area contributed by atoms with Crippen molar-refractivity contribution in [3.63, 3.8) is 0 Å². The fourth-order valence-electron chi connectivity index (χ4n) is 0.453. The summed E-state index contributed by atoms with van der Waals surface area (Å²) in [4.78, 5) is 6.59. The van der Waals surface area contributed by atoms with Gasteiger partial charge in [0.1, 0.15) is 5.82 Å². The van der Waals surface area contributed by atoms with Crippen LogP contribution in [0.2, 0.25) is 0 Å². The van der Waals surface area contributed by atoms with Crippen molar-refractivity contribution < 1.29 is 4.39 Å². The Morgan fingerprint density at radius 3 is 2.44 bits per heavy atom. The number of halogens is 1. The second kappa shape index (κ2) is 1.85. The zero-order valence-corrected chi connectivity index (χ0v) is 4.50. The van der Waals surface area contributed by atoms with Gasteiger partial charge in [-0.05, 0) is 0 Å². The number of nitrogen functional groups attached to an aromatic ring is 2. The maximum atomic E-state index is 12.1. The van der Waals surface area contributed by atoms with E-state index in [1.54, 1.807) is 0 Å². The average molecular weight is 128 g/mol. The molecule has 0 saturated heterocycles. The first kappa shape index (κ1) is 5.74. The Bertz CT molecular complexity index is 173. The lowest BCUT2D eigenvalue weighted by Gasteiger charge is -1.92. The van der Waals surface area contributed by atoms with Gasteiger partial charge < -0.3 is 11.5 Å². The van der Waals surface area contributed by atoms with Crippen molar-refractivity contribution >= 4 is 11.8 Å². The van der Waals surface area contributed by atoms with Crippen LogP contribution in [-0.2, 0) is 0 Å². The molecule has 4 N–H and O–H groups in total. The van der Waals surface area contributed by atoms with Crippen molar-refractivity contribution in [2.24, 2.45) is 0 Å². The lowest BCUT2D eigenvalue weighted by atomic mass is 10.6. The smallest absolute Gasteiger partial charge is 0.224 e. The van der Waals surface area contributed by atoms with E-state index in [1.807, 2.05) is 0 Å². The largest absolute Gasteiger partial charge is 0.383 e. The molecule has 0 fully saturated rings. The van der Waals surface area contributed by atoms with Crippen molar-refractivity contribution in [1.82, 2.24) is 9.97 Å². The Balaban J connectivity index is 3.17. The van der Waals surface area contributed by atoms with Crippen LogP contribution in [0.4, 0.5) is 16.2 Å². The number of nitrogens with zero attached hydrogens (tertiary/aromatic N) is 2. The van der Waals surface area contributed by atoms with Crippen molar-refractivity contribution in [1.29, 1.82) is 0 Å². The monoisotopic (exact) mass is 128 g/mol. The third-order valence-electron chi connectivity index (χ3n) is 0.732. The summed E-state index contributed by atoms with van der Waals surface area (Å²) in [7, 11) is 0. The van der Waals surface area contributed by atoms with Crippen molar-refractivity contribution in [3.8, 4) is 0 Å². The molecule has 0 radical (unpaired) electrons. The summed E-state index contributed by atoms with van der Waals surface area (Å²) in [6.07, 6.45) is 0. The van der Waals surface area contributed by atoms with Crippen molar-refractivity contribution in [2.45, 2.75) is 0 Å². The van der Waals surface area contributed by atoms with Crippen LogP contribution in [0.5, 0.6) is 0 Å². The first-order valence-electron chi connectivity index (χ1n) is 2.24. The molecule has 1 heterocycles. The lowest BCUT2D eigenvalue weighted by Crippen LogP contribution is -2.00. The van der Waals surface area contributed by atoms with Crippen LogP contribution in [-0.4, -0.2) is 9.97 Å². The molecule has 1 aromatic heterocycles. The summed E-state index contributed by atoms with van der Waals surface area (Å²) in [5.41, 5.74) is 10.1. The molecule has 0 aromatic carbocycles. The number of anilines is 2. The van der Waals surface area contributed by atoms with Gasteiger partial charge in [-0.1, -0.05) is 0 Å². The predicted octanol–water partition coefficient (Wildman–Crippen LogP) is -0.220. The second-order valence-corrected chi connectivity index (χ2v) is 1.47. The predicted molar refractivity (Wildman–Crippen MR) is 30.8 cm³/mol. The maximum absolute atomic E-state index is 12.1. The summed E-state index contributed by atoms with van der Waals surface area (Å²) in [5, 5.41) is 0. The molecule has 1 rings (SSSR count). The van der Waals surface area contributed by atoms with E-state index in [0.717, 1.165) is 6.07 Å². The first-order valence-corrected chi connectivity index (χ1v) is 2.24. The van der Waals surface area contributed by atoms with Gasteiger partial charge in [-0.2, -0.15) is 14.4 Å². The Kier molecular flexibility index (Phi) is 1.18. The molecule has 0 bridgehead atoms. The number of rotatable bonds is 0. The molecule has 0 saturated carbocycles. The second-order valence-electron chi connectivity index (χ2n) is 1.47. The molecule has 4 nitrogen and oxygen atoms in total. The lowest BCUT2D eigenvalue weighted by molar-refractivity contribution is 0.583. The molecule has 0 atom stereocenters. The van der Waals surface area contributed by atoms with E-state index in [0.29, 0.717) is 0 Å². The molecule has 1 aromatic rings. The van der Waals surface area contributed by atoms with E-state index in [2.05, 4.69) is 9.97 Å². The fourth-order valence-corrected chi connectivity index (χ4v) is 0.453. The molecule has 0 amide bonds. The normalized spacial score (nSPS) is 9.44. The van der Waals surface area contributed by atoms with E-state index in [-0.39, 0.29) is 11.8 Å². The number of nitrogens with two attached hydrogens (primary N) is 2. The van der Waals surface area contributed by atoms with Crippen LogP contribution in [0.3, 0.4) is 0 Å².